The number of fused-ring (bicyclic) bond motifs is 1. The van der Waals surface area contributed by atoms with E-state index in [0.29, 0.717) is 0 Å². The molecule has 0 spiro atoms. The highest BCUT2D eigenvalue weighted by Crippen LogP contribution is 2.35. The van der Waals surface area contributed by atoms with Gasteiger partial charge < -0.3 is 10.1 Å². The summed E-state index contributed by atoms with van der Waals surface area (Å²) < 4.78 is 5.85. The van der Waals surface area contributed by atoms with Gasteiger partial charge in [-0.1, -0.05) is 6.42 Å². The van der Waals surface area contributed by atoms with Crippen LogP contribution < -0.4 is 10.1 Å². The topological polar surface area (TPSA) is 38.3 Å². The van der Waals surface area contributed by atoms with Crippen molar-refractivity contribution >= 4 is 5.78 Å². The van der Waals surface area contributed by atoms with E-state index in [1.165, 1.54) is 6.42 Å². The van der Waals surface area contributed by atoms with Gasteiger partial charge in [0, 0.05) is 12.0 Å². The zero-order chi connectivity index (χ0) is 13.5. The summed E-state index contributed by atoms with van der Waals surface area (Å²) in [6, 6.07) is 5.86. The minimum absolute atomic E-state index is 0.00197. The van der Waals surface area contributed by atoms with E-state index in [1.54, 1.807) is 0 Å². The van der Waals surface area contributed by atoms with Crippen molar-refractivity contribution in [2.24, 2.45) is 0 Å². The van der Waals surface area contributed by atoms with Crippen LogP contribution in [0.1, 0.15) is 49.0 Å². The molecule has 0 aliphatic carbocycles. The van der Waals surface area contributed by atoms with Gasteiger partial charge in [-0.25, -0.2) is 0 Å². The maximum atomic E-state index is 12.5. The Labute approximate surface area is 114 Å². The maximum Gasteiger partial charge on any atom is 0.179 e. The Balaban J connectivity index is 1.81. The molecule has 3 rings (SSSR count). The van der Waals surface area contributed by atoms with Crippen molar-refractivity contribution in [3.8, 4) is 5.75 Å². The highest BCUT2D eigenvalue weighted by Gasteiger charge is 2.31. The van der Waals surface area contributed by atoms with E-state index in [-0.39, 0.29) is 17.4 Å². The summed E-state index contributed by atoms with van der Waals surface area (Å²) >= 11 is 0. The first-order valence-corrected chi connectivity index (χ1v) is 7.15. The Morgan fingerprint density at radius 1 is 1.37 bits per heavy atom. The zero-order valence-electron chi connectivity index (χ0n) is 11.7. The van der Waals surface area contributed by atoms with Crippen LogP contribution in [0.15, 0.2) is 18.2 Å². The van der Waals surface area contributed by atoms with Gasteiger partial charge in [0.25, 0.3) is 0 Å². The van der Waals surface area contributed by atoms with E-state index in [1.807, 2.05) is 18.2 Å². The molecule has 2 aliphatic heterocycles. The molecule has 1 unspecified atom stereocenters. The number of hydrogen-bond donors (Lipinski definition) is 1. The molecular formula is C16H21NO2. The minimum Gasteiger partial charge on any atom is -0.487 e. The van der Waals surface area contributed by atoms with Crippen molar-refractivity contribution in [1.29, 1.82) is 0 Å². The maximum absolute atomic E-state index is 12.5. The molecule has 0 aromatic heterocycles. The van der Waals surface area contributed by atoms with Gasteiger partial charge in [0.1, 0.15) is 11.4 Å². The first-order valence-electron chi connectivity index (χ1n) is 7.15. The number of ether oxygens (including phenoxy) is 1. The molecule has 2 heterocycles. The molecule has 102 valence electrons. The molecule has 0 bridgehead atoms. The lowest BCUT2D eigenvalue weighted by Gasteiger charge is -2.22. The number of nitrogens with one attached hydrogen (secondary N) is 1. The predicted octanol–water partition coefficient (Wildman–Crippen LogP) is 2.72. The number of Topliss-reactive ketones (excluding diaryl/α,β-unsaturated/α-hetero) is 1. The summed E-state index contributed by atoms with van der Waals surface area (Å²) in [6.07, 6.45) is 4.15. The van der Waals surface area contributed by atoms with Crippen LogP contribution in [0.4, 0.5) is 0 Å². The molecular weight excluding hydrogens is 238 g/mol. The highest BCUT2D eigenvalue weighted by molar-refractivity contribution is 6.00. The summed E-state index contributed by atoms with van der Waals surface area (Å²) in [5.41, 5.74) is 1.83. The van der Waals surface area contributed by atoms with Crippen molar-refractivity contribution in [2.45, 2.75) is 51.2 Å². The van der Waals surface area contributed by atoms with Gasteiger partial charge in [0.2, 0.25) is 0 Å². The standard InChI is InChI=1S/C16H21NO2/c1-16(2)10-12-9-11(6-7-14(12)19-16)15(18)13-5-3-4-8-17-13/h6-7,9,13,17H,3-5,8,10H2,1-2H3. The van der Waals surface area contributed by atoms with Crippen molar-refractivity contribution in [3.63, 3.8) is 0 Å². The molecule has 1 saturated heterocycles. The van der Waals surface area contributed by atoms with Gasteiger partial charge in [-0.15, -0.1) is 0 Å². The smallest absolute Gasteiger partial charge is 0.179 e. The van der Waals surface area contributed by atoms with E-state index in [9.17, 15) is 4.79 Å². The van der Waals surface area contributed by atoms with E-state index in [4.69, 9.17) is 4.74 Å². The average Bonchev–Trinajstić information content (AvgIpc) is 2.71. The Morgan fingerprint density at radius 3 is 2.95 bits per heavy atom. The van der Waals surface area contributed by atoms with Crippen LogP contribution in [0.25, 0.3) is 0 Å². The van der Waals surface area contributed by atoms with E-state index in [2.05, 4.69) is 19.2 Å². The Kier molecular flexibility index (Phi) is 3.09. The Hall–Kier alpha value is -1.35. The van der Waals surface area contributed by atoms with Crippen LogP contribution in [0.2, 0.25) is 0 Å². The van der Waals surface area contributed by atoms with Crippen LogP contribution in [-0.4, -0.2) is 24.0 Å². The third-order valence-corrected chi connectivity index (χ3v) is 3.97. The quantitative estimate of drug-likeness (QED) is 0.830. The molecule has 1 fully saturated rings. The number of piperidine rings is 1. The predicted molar refractivity (Wildman–Crippen MR) is 74.8 cm³/mol. The molecule has 19 heavy (non-hydrogen) atoms. The monoisotopic (exact) mass is 259 g/mol. The fourth-order valence-electron chi connectivity index (χ4n) is 3.04. The Morgan fingerprint density at radius 2 is 2.21 bits per heavy atom. The molecule has 0 amide bonds. The minimum atomic E-state index is -0.146. The zero-order valence-corrected chi connectivity index (χ0v) is 11.7. The lowest BCUT2D eigenvalue weighted by atomic mass is 9.94. The first-order chi connectivity index (χ1) is 9.05. The SMILES string of the molecule is CC1(C)Cc2cc(C(=O)C3CCCCN3)ccc2O1. The van der Waals surface area contributed by atoms with Gasteiger partial charge >= 0.3 is 0 Å². The fraction of sp³-hybridized carbons (Fsp3) is 0.562. The summed E-state index contributed by atoms with van der Waals surface area (Å²) in [4.78, 5) is 12.5. The van der Waals surface area contributed by atoms with Gasteiger partial charge in [-0.05, 0) is 57.0 Å². The molecule has 1 aromatic carbocycles. The second-order valence-electron chi connectivity index (χ2n) is 6.23. The second kappa shape index (κ2) is 4.64. The fourth-order valence-corrected chi connectivity index (χ4v) is 3.04. The lowest BCUT2D eigenvalue weighted by Crippen LogP contribution is -2.40. The number of carbonyl (C=O) groups is 1. The largest absolute Gasteiger partial charge is 0.487 e. The summed E-state index contributed by atoms with van der Waals surface area (Å²) in [5, 5.41) is 3.32. The molecule has 0 radical (unpaired) electrons. The molecule has 2 aliphatic rings. The van der Waals surface area contributed by atoms with E-state index >= 15 is 0 Å². The summed E-state index contributed by atoms with van der Waals surface area (Å²) in [7, 11) is 0. The van der Waals surface area contributed by atoms with Crippen molar-refractivity contribution in [3.05, 3.63) is 29.3 Å². The molecule has 0 saturated carbocycles. The van der Waals surface area contributed by atoms with Gasteiger partial charge in [0.15, 0.2) is 5.78 Å². The van der Waals surface area contributed by atoms with E-state index in [0.717, 1.165) is 42.7 Å². The Bertz CT molecular complexity index is 501. The first kappa shape index (κ1) is 12.7. The van der Waals surface area contributed by atoms with Gasteiger partial charge in [0.05, 0.1) is 6.04 Å². The number of ketones is 1. The number of hydrogen-bond acceptors (Lipinski definition) is 3. The highest BCUT2D eigenvalue weighted by atomic mass is 16.5. The van der Waals surface area contributed by atoms with Gasteiger partial charge in [-0.2, -0.15) is 0 Å². The normalized spacial score (nSPS) is 24.6. The average molecular weight is 259 g/mol. The summed E-state index contributed by atoms with van der Waals surface area (Å²) in [5.74, 6) is 1.16. The van der Waals surface area contributed by atoms with Crippen molar-refractivity contribution in [2.75, 3.05) is 6.54 Å². The van der Waals surface area contributed by atoms with Crippen LogP contribution in [0, 0.1) is 0 Å². The van der Waals surface area contributed by atoms with E-state index < -0.39 is 0 Å². The van der Waals surface area contributed by atoms with Crippen LogP contribution in [-0.2, 0) is 6.42 Å². The molecule has 3 nitrogen and oxygen atoms in total. The number of carbonyl (C=O) groups excluding carboxylic acids is 1. The van der Waals surface area contributed by atoms with Crippen LogP contribution in [0.3, 0.4) is 0 Å². The summed E-state index contributed by atoms with van der Waals surface area (Å²) in [6.45, 7) is 5.12. The number of rotatable bonds is 2. The van der Waals surface area contributed by atoms with Crippen LogP contribution >= 0.6 is 0 Å². The van der Waals surface area contributed by atoms with Crippen molar-refractivity contribution < 1.29 is 9.53 Å². The number of benzene rings is 1. The van der Waals surface area contributed by atoms with Crippen molar-refractivity contribution in [1.82, 2.24) is 5.32 Å². The van der Waals surface area contributed by atoms with Crippen LogP contribution in [0.5, 0.6) is 5.75 Å². The lowest BCUT2D eigenvalue weighted by molar-refractivity contribution is 0.0927. The third-order valence-electron chi connectivity index (χ3n) is 3.97. The third kappa shape index (κ3) is 2.52. The van der Waals surface area contributed by atoms with Gasteiger partial charge in [-0.3, -0.25) is 4.79 Å². The second-order valence-corrected chi connectivity index (χ2v) is 6.23. The molecule has 3 heteroatoms. The molecule has 1 N–H and O–H groups in total. The molecule has 1 aromatic rings. The molecule has 1 atom stereocenters.